The van der Waals surface area contributed by atoms with Crippen LogP contribution in [0.15, 0.2) is 24.3 Å². The first-order chi connectivity index (χ1) is 9.43. The van der Waals surface area contributed by atoms with Crippen LogP contribution in [-0.4, -0.2) is 37.6 Å². The van der Waals surface area contributed by atoms with Crippen molar-refractivity contribution >= 4 is 17.7 Å². The third kappa shape index (κ3) is 4.89. The lowest BCUT2D eigenvalue weighted by Gasteiger charge is -2.17. The van der Waals surface area contributed by atoms with Gasteiger partial charge in [-0.2, -0.15) is 0 Å². The lowest BCUT2D eigenvalue weighted by atomic mass is 10.1. The van der Waals surface area contributed by atoms with Crippen LogP contribution in [-0.2, 0) is 9.53 Å². The Kier molecular flexibility index (Phi) is 5.99. The summed E-state index contributed by atoms with van der Waals surface area (Å²) in [6.07, 6.45) is 0.171. The Labute approximate surface area is 118 Å². The number of hydrogen-bond donors (Lipinski definition) is 2. The van der Waals surface area contributed by atoms with Gasteiger partial charge in [0.2, 0.25) is 0 Å². The number of urea groups is 1. The number of anilines is 1. The van der Waals surface area contributed by atoms with Crippen molar-refractivity contribution in [2.45, 2.75) is 19.4 Å². The van der Waals surface area contributed by atoms with Gasteiger partial charge in [-0.1, -0.05) is 12.1 Å². The van der Waals surface area contributed by atoms with Gasteiger partial charge in [0.1, 0.15) is 0 Å². The number of ether oxygens (including phenoxy) is 1. The number of carbonyl (C=O) groups is 2. The molecule has 1 aromatic rings. The van der Waals surface area contributed by atoms with Gasteiger partial charge < -0.3 is 20.7 Å². The Morgan fingerprint density at radius 2 is 1.95 bits per heavy atom. The number of esters is 1. The highest BCUT2D eigenvalue weighted by Gasteiger charge is 2.11. The molecule has 1 unspecified atom stereocenters. The first-order valence-electron chi connectivity index (χ1n) is 6.38. The largest absolute Gasteiger partial charge is 0.469 e. The van der Waals surface area contributed by atoms with Crippen LogP contribution < -0.4 is 11.1 Å². The molecule has 0 spiro atoms. The Balaban J connectivity index is 2.50. The molecule has 0 saturated heterocycles. The molecule has 0 aromatic heterocycles. The van der Waals surface area contributed by atoms with Gasteiger partial charge in [-0.05, 0) is 24.6 Å². The molecule has 20 heavy (non-hydrogen) atoms. The zero-order valence-electron chi connectivity index (χ0n) is 12.1. The van der Waals surface area contributed by atoms with Crippen molar-refractivity contribution < 1.29 is 14.3 Å². The molecule has 0 heterocycles. The topological polar surface area (TPSA) is 84.7 Å². The van der Waals surface area contributed by atoms with Crippen molar-refractivity contribution in [3.05, 3.63) is 29.8 Å². The van der Waals surface area contributed by atoms with Crippen molar-refractivity contribution in [1.82, 2.24) is 4.90 Å². The van der Waals surface area contributed by atoms with E-state index in [1.807, 2.05) is 19.1 Å². The van der Waals surface area contributed by atoms with Crippen LogP contribution in [0.2, 0.25) is 0 Å². The highest BCUT2D eigenvalue weighted by Crippen LogP contribution is 2.14. The summed E-state index contributed by atoms with van der Waals surface area (Å²) in [5, 5.41) is 2.74. The Bertz CT molecular complexity index is 457. The average Bonchev–Trinajstić information content (AvgIpc) is 2.44. The molecule has 0 fully saturated rings. The molecular formula is C14H21N3O3. The van der Waals surface area contributed by atoms with Crippen LogP contribution in [0.1, 0.15) is 24.9 Å². The summed E-state index contributed by atoms with van der Waals surface area (Å²) in [6, 6.07) is 7.02. The number of nitrogens with zero attached hydrogens (tertiary/aromatic N) is 1. The minimum Gasteiger partial charge on any atom is -0.469 e. The van der Waals surface area contributed by atoms with E-state index in [9.17, 15) is 9.59 Å². The van der Waals surface area contributed by atoms with E-state index in [4.69, 9.17) is 5.73 Å². The molecule has 0 aliphatic rings. The van der Waals surface area contributed by atoms with E-state index in [1.165, 1.54) is 12.0 Å². The number of benzene rings is 1. The highest BCUT2D eigenvalue weighted by atomic mass is 16.5. The van der Waals surface area contributed by atoms with E-state index in [-0.39, 0.29) is 24.5 Å². The molecule has 6 nitrogen and oxygen atoms in total. The van der Waals surface area contributed by atoms with Crippen molar-refractivity contribution in [2.24, 2.45) is 5.73 Å². The maximum Gasteiger partial charge on any atom is 0.321 e. The van der Waals surface area contributed by atoms with Crippen LogP contribution in [0, 0.1) is 0 Å². The second-order valence-corrected chi connectivity index (χ2v) is 4.59. The predicted molar refractivity (Wildman–Crippen MR) is 77.3 cm³/mol. The molecule has 0 aliphatic carbocycles. The quantitative estimate of drug-likeness (QED) is 0.804. The van der Waals surface area contributed by atoms with Gasteiger partial charge in [0.25, 0.3) is 0 Å². The zero-order valence-corrected chi connectivity index (χ0v) is 12.1. The third-order valence-electron chi connectivity index (χ3n) is 2.91. The van der Waals surface area contributed by atoms with Gasteiger partial charge in [-0.15, -0.1) is 0 Å². The standard InChI is InChI=1S/C14H21N3O3/c1-10(15)11-4-6-12(7-5-11)16-14(19)17(2)9-8-13(18)20-3/h4-7,10H,8-9,15H2,1-3H3,(H,16,19). The smallest absolute Gasteiger partial charge is 0.321 e. The molecule has 1 rings (SSSR count). The summed E-state index contributed by atoms with van der Waals surface area (Å²) < 4.78 is 4.53. The van der Waals surface area contributed by atoms with Crippen LogP contribution in [0.25, 0.3) is 0 Å². The van der Waals surface area contributed by atoms with Crippen molar-refractivity contribution in [3.63, 3.8) is 0 Å². The number of nitrogens with two attached hydrogens (primary N) is 1. The molecular weight excluding hydrogens is 258 g/mol. The van der Waals surface area contributed by atoms with E-state index in [0.29, 0.717) is 12.2 Å². The van der Waals surface area contributed by atoms with Crippen LogP contribution in [0.4, 0.5) is 10.5 Å². The minimum absolute atomic E-state index is 0.0394. The summed E-state index contributed by atoms with van der Waals surface area (Å²) >= 11 is 0. The number of rotatable bonds is 5. The first kappa shape index (κ1) is 16.0. The predicted octanol–water partition coefficient (Wildman–Crippen LogP) is 1.73. The number of carbonyl (C=O) groups excluding carboxylic acids is 2. The lowest BCUT2D eigenvalue weighted by molar-refractivity contribution is -0.140. The number of nitrogens with one attached hydrogen (secondary N) is 1. The Morgan fingerprint density at radius 1 is 1.35 bits per heavy atom. The van der Waals surface area contributed by atoms with Crippen LogP contribution in [0.3, 0.4) is 0 Å². The molecule has 6 heteroatoms. The lowest BCUT2D eigenvalue weighted by Crippen LogP contribution is -2.33. The normalized spacial score (nSPS) is 11.6. The SMILES string of the molecule is COC(=O)CCN(C)C(=O)Nc1ccc(C(C)N)cc1. The second-order valence-electron chi connectivity index (χ2n) is 4.59. The van der Waals surface area contributed by atoms with Crippen LogP contribution in [0.5, 0.6) is 0 Å². The minimum atomic E-state index is -0.342. The molecule has 0 radical (unpaired) electrons. The fourth-order valence-electron chi connectivity index (χ4n) is 1.55. The number of methoxy groups -OCH3 is 1. The number of amides is 2. The molecule has 2 amide bonds. The number of hydrogen-bond acceptors (Lipinski definition) is 4. The van der Waals surface area contributed by atoms with E-state index in [2.05, 4.69) is 10.1 Å². The summed E-state index contributed by atoms with van der Waals surface area (Å²) in [5.41, 5.74) is 7.44. The van der Waals surface area contributed by atoms with E-state index >= 15 is 0 Å². The maximum atomic E-state index is 11.9. The van der Waals surface area contributed by atoms with Gasteiger partial charge in [-0.3, -0.25) is 4.79 Å². The molecule has 1 atom stereocenters. The highest BCUT2D eigenvalue weighted by molar-refractivity contribution is 5.89. The molecule has 1 aromatic carbocycles. The molecule has 0 aliphatic heterocycles. The molecule has 0 bridgehead atoms. The van der Waals surface area contributed by atoms with E-state index in [0.717, 1.165) is 5.56 Å². The fraction of sp³-hybridized carbons (Fsp3) is 0.429. The Morgan fingerprint density at radius 3 is 2.45 bits per heavy atom. The summed E-state index contributed by atoms with van der Waals surface area (Å²) in [7, 11) is 2.94. The van der Waals surface area contributed by atoms with Crippen molar-refractivity contribution in [2.75, 3.05) is 26.0 Å². The van der Waals surface area contributed by atoms with E-state index < -0.39 is 0 Å². The second kappa shape index (κ2) is 7.49. The van der Waals surface area contributed by atoms with Gasteiger partial charge >= 0.3 is 12.0 Å². The average molecular weight is 279 g/mol. The van der Waals surface area contributed by atoms with Crippen molar-refractivity contribution in [3.8, 4) is 0 Å². The molecule has 3 N–H and O–H groups in total. The van der Waals surface area contributed by atoms with E-state index in [1.54, 1.807) is 19.2 Å². The fourth-order valence-corrected chi connectivity index (χ4v) is 1.55. The maximum absolute atomic E-state index is 11.9. The van der Waals surface area contributed by atoms with Gasteiger partial charge in [-0.25, -0.2) is 4.79 Å². The summed E-state index contributed by atoms with van der Waals surface area (Å²) in [5.74, 6) is -0.342. The summed E-state index contributed by atoms with van der Waals surface area (Å²) in [6.45, 7) is 2.20. The zero-order chi connectivity index (χ0) is 15.1. The van der Waals surface area contributed by atoms with Gasteiger partial charge in [0, 0.05) is 25.3 Å². The van der Waals surface area contributed by atoms with Gasteiger partial charge in [0.05, 0.1) is 13.5 Å². The third-order valence-corrected chi connectivity index (χ3v) is 2.91. The summed E-state index contributed by atoms with van der Waals surface area (Å²) in [4.78, 5) is 24.3. The molecule has 0 saturated carbocycles. The molecule has 110 valence electrons. The van der Waals surface area contributed by atoms with Gasteiger partial charge in [0.15, 0.2) is 0 Å². The Hall–Kier alpha value is -2.08. The monoisotopic (exact) mass is 279 g/mol. The first-order valence-corrected chi connectivity index (χ1v) is 6.38. The van der Waals surface area contributed by atoms with Crippen molar-refractivity contribution in [1.29, 1.82) is 0 Å². The van der Waals surface area contributed by atoms with Crippen LogP contribution >= 0.6 is 0 Å².